The summed E-state index contributed by atoms with van der Waals surface area (Å²) in [6.45, 7) is 1.97. The SMILES string of the molecule is C/C=C\C(CO)=N/N(C=O)CCCC#N. The lowest BCUT2D eigenvalue weighted by Crippen LogP contribution is -2.19. The quantitative estimate of drug-likeness (QED) is 0.290. The maximum Gasteiger partial charge on any atom is 0.229 e. The number of hydrogen-bond donors (Lipinski definition) is 1. The zero-order valence-electron chi connectivity index (χ0n) is 8.76. The van der Waals surface area contributed by atoms with Crippen LogP contribution in [-0.4, -0.2) is 35.4 Å². The second kappa shape index (κ2) is 8.91. The predicted octanol–water partition coefficient (Wildman–Crippen LogP) is 0.673. The van der Waals surface area contributed by atoms with E-state index in [9.17, 15) is 4.79 Å². The minimum atomic E-state index is -0.215. The molecular weight excluding hydrogens is 194 g/mol. The molecule has 0 aliphatic rings. The molecule has 0 rings (SSSR count). The molecular formula is C10H15N3O2. The standard InChI is InChI=1S/C10H15N3O2/c1-2-5-10(8-14)12-13(9-15)7-4-3-6-11/h2,5,9,14H,3-4,7-8H2,1H3/b5-2-,12-10+. The Morgan fingerprint density at radius 2 is 2.40 bits per heavy atom. The van der Waals surface area contributed by atoms with E-state index < -0.39 is 0 Å². The van der Waals surface area contributed by atoms with Crippen LogP contribution in [0.4, 0.5) is 0 Å². The zero-order chi connectivity index (χ0) is 11.5. The summed E-state index contributed by atoms with van der Waals surface area (Å²) in [7, 11) is 0. The number of unbranched alkanes of at least 4 members (excludes halogenated alkanes) is 1. The summed E-state index contributed by atoms with van der Waals surface area (Å²) in [5.74, 6) is 0. The van der Waals surface area contributed by atoms with Gasteiger partial charge in [0.05, 0.1) is 18.4 Å². The third kappa shape index (κ3) is 6.41. The number of aliphatic hydroxyl groups excluding tert-OH is 1. The molecule has 5 heteroatoms. The van der Waals surface area contributed by atoms with Gasteiger partial charge in [-0.15, -0.1) is 0 Å². The zero-order valence-corrected chi connectivity index (χ0v) is 8.76. The second-order valence-corrected chi connectivity index (χ2v) is 2.78. The highest BCUT2D eigenvalue weighted by atomic mass is 16.3. The van der Waals surface area contributed by atoms with Gasteiger partial charge in [0.1, 0.15) is 0 Å². The van der Waals surface area contributed by atoms with Crippen molar-refractivity contribution in [3.63, 3.8) is 0 Å². The Balaban J connectivity index is 4.27. The Labute approximate surface area is 89.3 Å². The number of hydrogen-bond acceptors (Lipinski definition) is 4. The summed E-state index contributed by atoms with van der Waals surface area (Å²) in [5.41, 5.74) is 0.418. The summed E-state index contributed by atoms with van der Waals surface area (Å²) in [5, 5.41) is 22.3. The van der Waals surface area contributed by atoms with Crippen molar-refractivity contribution in [2.45, 2.75) is 19.8 Å². The molecule has 0 aliphatic heterocycles. The molecule has 0 fully saturated rings. The lowest BCUT2D eigenvalue weighted by atomic mass is 10.3. The average Bonchev–Trinajstić information content (AvgIpc) is 2.26. The number of allylic oxidation sites excluding steroid dienone is 1. The maximum absolute atomic E-state index is 10.6. The maximum atomic E-state index is 10.6. The third-order valence-electron chi connectivity index (χ3n) is 1.58. The first-order valence-corrected chi connectivity index (χ1v) is 4.68. The van der Waals surface area contributed by atoms with E-state index in [4.69, 9.17) is 10.4 Å². The number of hydrazone groups is 1. The van der Waals surface area contributed by atoms with Gasteiger partial charge in [-0.3, -0.25) is 4.79 Å². The number of carbonyl (C=O) groups excluding carboxylic acids is 1. The molecule has 0 spiro atoms. The van der Waals surface area contributed by atoms with Crippen molar-refractivity contribution in [1.29, 1.82) is 5.26 Å². The lowest BCUT2D eigenvalue weighted by molar-refractivity contribution is -0.118. The van der Waals surface area contributed by atoms with Crippen molar-refractivity contribution in [3.8, 4) is 6.07 Å². The smallest absolute Gasteiger partial charge is 0.229 e. The molecule has 0 heterocycles. The number of amides is 1. The summed E-state index contributed by atoms with van der Waals surface area (Å²) >= 11 is 0. The summed E-state index contributed by atoms with van der Waals surface area (Å²) in [4.78, 5) is 10.6. The van der Waals surface area contributed by atoms with Crippen LogP contribution in [0.15, 0.2) is 17.3 Å². The number of carbonyl (C=O) groups is 1. The van der Waals surface area contributed by atoms with E-state index in [-0.39, 0.29) is 6.61 Å². The van der Waals surface area contributed by atoms with Crippen LogP contribution < -0.4 is 0 Å². The van der Waals surface area contributed by atoms with Gasteiger partial charge in [0.2, 0.25) is 6.41 Å². The molecule has 0 bridgehead atoms. The van der Waals surface area contributed by atoms with Gasteiger partial charge >= 0.3 is 0 Å². The van der Waals surface area contributed by atoms with E-state index in [0.29, 0.717) is 31.5 Å². The minimum absolute atomic E-state index is 0.215. The van der Waals surface area contributed by atoms with Crippen molar-refractivity contribution < 1.29 is 9.90 Å². The minimum Gasteiger partial charge on any atom is -0.390 e. The van der Waals surface area contributed by atoms with Gasteiger partial charge in [-0.25, -0.2) is 5.01 Å². The molecule has 0 unspecified atom stereocenters. The number of rotatable bonds is 7. The van der Waals surface area contributed by atoms with E-state index >= 15 is 0 Å². The number of nitrogens with zero attached hydrogens (tertiary/aromatic N) is 3. The third-order valence-corrected chi connectivity index (χ3v) is 1.58. The van der Waals surface area contributed by atoms with Crippen LogP contribution in [-0.2, 0) is 4.79 Å². The Hall–Kier alpha value is -1.67. The first-order chi connectivity index (χ1) is 7.28. The molecule has 1 amide bonds. The Morgan fingerprint density at radius 3 is 2.87 bits per heavy atom. The molecule has 0 aliphatic carbocycles. The normalized spacial score (nSPS) is 11.4. The largest absolute Gasteiger partial charge is 0.390 e. The van der Waals surface area contributed by atoms with Gasteiger partial charge in [0.25, 0.3) is 0 Å². The highest BCUT2D eigenvalue weighted by Gasteiger charge is 2.00. The van der Waals surface area contributed by atoms with Crippen molar-refractivity contribution in [1.82, 2.24) is 5.01 Å². The van der Waals surface area contributed by atoms with Crippen LogP contribution in [0.1, 0.15) is 19.8 Å². The molecule has 0 saturated carbocycles. The number of aliphatic hydroxyl groups is 1. The summed E-state index contributed by atoms with van der Waals surface area (Å²) in [6.07, 6.45) is 4.90. The van der Waals surface area contributed by atoms with Gasteiger partial charge in [0.15, 0.2) is 0 Å². The van der Waals surface area contributed by atoms with Gasteiger partial charge in [-0.05, 0) is 19.4 Å². The Morgan fingerprint density at radius 1 is 1.67 bits per heavy atom. The van der Waals surface area contributed by atoms with Gasteiger partial charge in [-0.1, -0.05) is 6.08 Å². The van der Waals surface area contributed by atoms with Gasteiger partial charge in [-0.2, -0.15) is 10.4 Å². The van der Waals surface area contributed by atoms with Crippen LogP contribution in [0, 0.1) is 11.3 Å². The van der Waals surface area contributed by atoms with Crippen LogP contribution in [0.25, 0.3) is 0 Å². The van der Waals surface area contributed by atoms with Crippen LogP contribution in [0.3, 0.4) is 0 Å². The highest BCUT2D eigenvalue weighted by molar-refractivity contribution is 5.95. The number of nitriles is 1. The van der Waals surface area contributed by atoms with E-state index in [0.717, 1.165) is 0 Å². The van der Waals surface area contributed by atoms with Gasteiger partial charge < -0.3 is 5.11 Å². The molecule has 0 aromatic carbocycles. The topological polar surface area (TPSA) is 76.7 Å². The first kappa shape index (κ1) is 13.3. The fraction of sp³-hybridized carbons (Fsp3) is 0.500. The molecule has 0 saturated heterocycles. The van der Waals surface area contributed by atoms with Crippen molar-refractivity contribution >= 4 is 12.1 Å². The van der Waals surface area contributed by atoms with Crippen molar-refractivity contribution in [2.75, 3.05) is 13.2 Å². The van der Waals surface area contributed by atoms with E-state index in [2.05, 4.69) is 5.10 Å². The van der Waals surface area contributed by atoms with Crippen LogP contribution in [0.2, 0.25) is 0 Å². The van der Waals surface area contributed by atoms with Gasteiger partial charge in [0, 0.05) is 13.0 Å². The van der Waals surface area contributed by atoms with Crippen LogP contribution >= 0.6 is 0 Å². The molecule has 0 aromatic rings. The highest BCUT2D eigenvalue weighted by Crippen LogP contribution is 1.94. The van der Waals surface area contributed by atoms with Crippen molar-refractivity contribution in [3.05, 3.63) is 12.2 Å². The molecule has 15 heavy (non-hydrogen) atoms. The van der Waals surface area contributed by atoms with E-state index in [1.165, 1.54) is 5.01 Å². The molecule has 82 valence electrons. The van der Waals surface area contributed by atoms with Crippen LogP contribution in [0.5, 0.6) is 0 Å². The summed E-state index contributed by atoms with van der Waals surface area (Å²) < 4.78 is 0. The lowest BCUT2D eigenvalue weighted by Gasteiger charge is -2.10. The monoisotopic (exact) mass is 209 g/mol. The van der Waals surface area contributed by atoms with E-state index in [1.807, 2.05) is 6.07 Å². The molecule has 0 aromatic heterocycles. The average molecular weight is 209 g/mol. The Bertz CT molecular complexity index is 279. The first-order valence-electron chi connectivity index (χ1n) is 4.68. The summed E-state index contributed by atoms with van der Waals surface area (Å²) in [6, 6.07) is 1.99. The molecule has 0 radical (unpaired) electrons. The second-order valence-electron chi connectivity index (χ2n) is 2.78. The predicted molar refractivity (Wildman–Crippen MR) is 57.0 cm³/mol. The molecule has 1 N–H and O–H groups in total. The molecule has 5 nitrogen and oxygen atoms in total. The van der Waals surface area contributed by atoms with Crippen molar-refractivity contribution in [2.24, 2.45) is 5.10 Å². The Kier molecular flexibility index (Phi) is 7.92. The fourth-order valence-electron chi connectivity index (χ4n) is 0.921. The fourth-order valence-corrected chi connectivity index (χ4v) is 0.921. The molecule has 0 atom stereocenters. The van der Waals surface area contributed by atoms with E-state index in [1.54, 1.807) is 19.1 Å².